The van der Waals surface area contributed by atoms with Crippen LogP contribution in [0.1, 0.15) is 10.5 Å². The Bertz CT molecular complexity index is 580. The molecular formula is C9H13N3O5S2. The summed E-state index contributed by atoms with van der Waals surface area (Å²) in [5.74, 6) is -1.30. The quantitative estimate of drug-likeness (QED) is 0.721. The molecule has 0 saturated heterocycles. The van der Waals surface area contributed by atoms with Gasteiger partial charge in [-0.1, -0.05) is 0 Å². The molecule has 0 aliphatic heterocycles. The molecule has 0 aromatic carbocycles. The minimum Gasteiger partial charge on any atom is -0.464 e. The molecule has 10 heteroatoms. The lowest BCUT2D eigenvalue weighted by Gasteiger charge is -2.15. The summed E-state index contributed by atoms with van der Waals surface area (Å²) in [6.45, 7) is -0.350. The molecule has 19 heavy (non-hydrogen) atoms. The molecule has 0 fully saturated rings. The number of nitrogens with zero attached hydrogens (tertiary/aromatic N) is 2. The molecule has 1 aromatic rings. The molecule has 0 aliphatic carbocycles. The van der Waals surface area contributed by atoms with E-state index in [-0.39, 0.29) is 16.4 Å². The number of amides is 1. The standard InChI is InChI=1S/C9H13N3O5S2/c1-10-6(13)4-12(2)19(15,16)9-7(8(14)17-3)11-5-18-9/h5H,4H2,1-3H3,(H,10,13). The molecular weight excluding hydrogens is 294 g/mol. The minimum atomic E-state index is -3.96. The molecule has 0 atom stereocenters. The molecule has 1 rings (SSSR count). The number of hydrogen-bond donors (Lipinski definition) is 1. The van der Waals surface area contributed by atoms with Crippen LogP contribution in [0.2, 0.25) is 0 Å². The van der Waals surface area contributed by atoms with E-state index >= 15 is 0 Å². The molecule has 0 radical (unpaired) electrons. The maximum atomic E-state index is 12.2. The highest BCUT2D eigenvalue weighted by Crippen LogP contribution is 2.23. The molecule has 1 aromatic heterocycles. The van der Waals surface area contributed by atoms with Gasteiger partial charge in [0, 0.05) is 14.1 Å². The topological polar surface area (TPSA) is 106 Å². The maximum absolute atomic E-state index is 12.2. The van der Waals surface area contributed by atoms with Crippen molar-refractivity contribution in [3.8, 4) is 0 Å². The zero-order chi connectivity index (χ0) is 14.6. The van der Waals surface area contributed by atoms with Gasteiger partial charge in [0.2, 0.25) is 5.91 Å². The van der Waals surface area contributed by atoms with Gasteiger partial charge in [-0.15, -0.1) is 11.3 Å². The van der Waals surface area contributed by atoms with Crippen molar-refractivity contribution in [2.75, 3.05) is 27.7 Å². The summed E-state index contributed by atoms with van der Waals surface area (Å²) in [5.41, 5.74) is 0.948. The Kier molecular flexibility index (Phi) is 4.97. The summed E-state index contributed by atoms with van der Waals surface area (Å²) >= 11 is 0.790. The predicted octanol–water partition coefficient (Wildman–Crippen LogP) is -0.704. The second-order valence-electron chi connectivity index (χ2n) is 3.41. The predicted molar refractivity (Wildman–Crippen MR) is 67.3 cm³/mol. The third-order valence-corrected chi connectivity index (χ3v) is 5.35. The zero-order valence-electron chi connectivity index (χ0n) is 10.5. The van der Waals surface area contributed by atoms with E-state index in [4.69, 9.17) is 0 Å². The number of aromatic nitrogens is 1. The van der Waals surface area contributed by atoms with Crippen LogP contribution >= 0.6 is 11.3 Å². The minimum absolute atomic E-state index is 0.245. The Morgan fingerprint density at radius 3 is 2.68 bits per heavy atom. The highest BCUT2D eigenvalue weighted by atomic mass is 32.2. The number of nitrogens with one attached hydrogen (secondary N) is 1. The van der Waals surface area contributed by atoms with Gasteiger partial charge < -0.3 is 10.1 Å². The van der Waals surface area contributed by atoms with Crippen LogP contribution in [0.5, 0.6) is 0 Å². The third kappa shape index (κ3) is 3.28. The summed E-state index contributed by atoms with van der Waals surface area (Å²) < 4.78 is 29.4. The Morgan fingerprint density at radius 1 is 1.53 bits per heavy atom. The number of likely N-dealkylation sites (N-methyl/N-ethyl adjacent to an activating group) is 2. The van der Waals surface area contributed by atoms with Crippen LogP contribution in [0, 0.1) is 0 Å². The zero-order valence-corrected chi connectivity index (χ0v) is 12.2. The molecule has 0 aliphatic rings. The van der Waals surface area contributed by atoms with Crippen LogP contribution < -0.4 is 5.32 Å². The van der Waals surface area contributed by atoms with Crippen LogP contribution in [-0.2, 0) is 19.6 Å². The van der Waals surface area contributed by atoms with E-state index in [1.165, 1.54) is 19.6 Å². The Morgan fingerprint density at radius 2 is 2.16 bits per heavy atom. The fourth-order valence-electron chi connectivity index (χ4n) is 1.16. The van der Waals surface area contributed by atoms with Crippen LogP contribution in [-0.4, -0.2) is 57.3 Å². The number of esters is 1. The number of carbonyl (C=O) groups is 2. The van der Waals surface area contributed by atoms with Crippen molar-refractivity contribution in [2.45, 2.75) is 4.21 Å². The van der Waals surface area contributed by atoms with Gasteiger partial charge in [0.15, 0.2) is 9.90 Å². The lowest BCUT2D eigenvalue weighted by Crippen LogP contribution is -2.37. The van der Waals surface area contributed by atoms with Crippen LogP contribution in [0.15, 0.2) is 9.72 Å². The fourth-order valence-corrected chi connectivity index (χ4v) is 3.61. The summed E-state index contributed by atoms with van der Waals surface area (Å²) in [5, 5.41) is 2.31. The number of ether oxygens (including phenoxy) is 1. The molecule has 0 spiro atoms. The van der Waals surface area contributed by atoms with Gasteiger partial charge in [0.25, 0.3) is 10.0 Å². The molecule has 0 bridgehead atoms. The maximum Gasteiger partial charge on any atom is 0.358 e. The highest BCUT2D eigenvalue weighted by molar-refractivity contribution is 7.91. The largest absolute Gasteiger partial charge is 0.464 e. The number of thiazole rings is 1. The fraction of sp³-hybridized carbons (Fsp3) is 0.444. The lowest BCUT2D eigenvalue weighted by atomic mass is 10.5. The molecule has 0 unspecified atom stereocenters. The van der Waals surface area contributed by atoms with Gasteiger partial charge in [-0.25, -0.2) is 18.2 Å². The first-order chi connectivity index (χ1) is 8.84. The van der Waals surface area contributed by atoms with Crippen molar-refractivity contribution in [1.82, 2.24) is 14.6 Å². The first-order valence-corrected chi connectivity index (χ1v) is 7.35. The first-order valence-electron chi connectivity index (χ1n) is 5.03. The second-order valence-corrected chi connectivity index (χ2v) is 6.51. The number of sulfonamides is 1. The van der Waals surface area contributed by atoms with Gasteiger partial charge in [0.1, 0.15) is 0 Å². The SMILES string of the molecule is CNC(=O)CN(C)S(=O)(=O)c1scnc1C(=O)OC. The van der Waals surface area contributed by atoms with E-state index in [0.29, 0.717) is 0 Å². The van der Waals surface area contributed by atoms with Gasteiger partial charge in [-0.3, -0.25) is 4.79 Å². The van der Waals surface area contributed by atoms with Gasteiger partial charge in [0.05, 0.1) is 19.2 Å². The number of carbonyl (C=O) groups excluding carboxylic acids is 2. The molecule has 106 valence electrons. The van der Waals surface area contributed by atoms with Crippen molar-refractivity contribution >= 4 is 33.2 Å². The first kappa shape index (κ1) is 15.5. The average Bonchev–Trinajstić information content (AvgIpc) is 2.87. The monoisotopic (exact) mass is 307 g/mol. The van der Waals surface area contributed by atoms with E-state index in [0.717, 1.165) is 22.8 Å². The van der Waals surface area contributed by atoms with Crippen molar-refractivity contribution in [1.29, 1.82) is 0 Å². The number of hydrogen-bond acceptors (Lipinski definition) is 7. The average molecular weight is 307 g/mol. The molecule has 8 nitrogen and oxygen atoms in total. The second kappa shape index (κ2) is 6.08. The van der Waals surface area contributed by atoms with Crippen molar-refractivity contribution < 1.29 is 22.7 Å². The van der Waals surface area contributed by atoms with Crippen molar-refractivity contribution in [3.05, 3.63) is 11.2 Å². The van der Waals surface area contributed by atoms with Crippen molar-refractivity contribution in [2.24, 2.45) is 0 Å². The molecule has 1 heterocycles. The van der Waals surface area contributed by atoms with E-state index in [2.05, 4.69) is 15.0 Å². The normalized spacial score (nSPS) is 11.4. The molecule has 1 N–H and O–H groups in total. The van der Waals surface area contributed by atoms with Crippen LogP contribution in [0.25, 0.3) is 0 Å². The lowest BCUT2D eigenvalue weighted by molar-refractivity contribution is -0.120. The summed E-state index contributed by atoms with van der Waals surface area (Å²) in [4.78, 5) is 26.3. The van der Waals surface area contributed by atoms with Gasteiger partial charge in [-0.2, -0.15) is 4.31 Å². The summed E-state index contributed by atoms with van der Waals surface area (Å²) in [6.07, 6.45) is 0. The van der Waals surface area contributed by atoms with Crippen LogP contribution in [0.3, 0.4) is 0 Å². The number of rotatable bonds is 5. The number of methoxy groups -OCH3 is 1. The van der Waals surface area contributed by atoms with Crippen LogP contribution in [0.4, 0.5) is 0 Å². The summed E-state index contributed by atoms with van der Waals surface area (Å²) in [7, 11) is -0.188. The van der Waals surface area contributed by atoms with E-state index in [9.17, 15) is 18.0 Å². The smallest absolute Gasteiger partial charge is 0.358 e. The molecule has 1 amide bonds. The van der Waals surface area contributed by atoms with E-state index in [1.54, 1.807) is 0 Å². The van der Waals surface area contributed by atoms with E-state index in [1.807, 2.05) is 0 Å². The third-order valence-electron chi connectivity index (χ3n) is 2.20. The highest BCUT2D eigenvalue weighted by Gasteiger charge is 2.30. The van der Waals surface area contributed by atoms with E-state index < -0.39 is 21.9 Å². The molecule has 0 saturated carbocycles. The Balaban J connectivity index is 3.10. The Labute approximate surface area is 114 Å². The Hall–Kier alpha value is -1.52. The van der Waals surface area contributed by atoms with Gasteiger partial charge in [-0.05, 0) is 0 Å². The summed E-state index contributed by atoms with van der Waals surface area (Å²) in [6, 6.07) is 0. The van der Waals surface area contributed by atoms with Crippen molar-refractivity contribution in [3.63, 3.8) is 0 Å². The van der Waals surface area contributed by atoms with Gasteiger partial charge >= 0.3 is 5.97 Å².